The van der Waals surface area contributed by atoms with Crippen molar-refractivity contribution in [2.24, 2.45) is 28.1 Å². The summed E-state index contributed by atoms with van der Waals surface area (Å²) in [7, 11) is 0. The Hall–Kier alpha value is -1.36. The Kier molecular flexibility index (Phi) is 3.48. The molecule has 25 heavy (non-hydrogen) atoms. The van der Waals surface area contributed by atoms with Crippen LogP contribution in [-0.2, 0) is 14.3 Å². The second-order valence-electron chi connectivity index (χ2n) is 9.33. The molecule has 2 fully saturated rings. The Morgan fingerprint density at radius 3 is 2.52 bits per heavy atom. The predicted octanol–water partition coefficient (Wildman–Crippen LogP) is 3.27. The summed E-state index contributed by atoms with van der Waals surface area (Å²) in [5, 5.41) is 20.3. The number of fused-ring (bicyclic) bond motifs is 4. The van der Waals surface area contributed by atoms with Crippen LogP contribution in [0.25, 0.3) is 0 Å². The smallest absolute Gasteiger partial charge is 0.336 e. The Balaban J connectivity index is 1.79. The third-order valence-corrected chi connectivity index (χ3v) is 8.32. The fraction of sp³-hybridized carbons (Fsp3) is 0.800. The average molecular weight is 348 g/mol. The van der Waals surface area contributed by atoms with Gasteiger partial charge >= 0.3 is 11.9 Å². The van der Waals surface area contributed by atoms with E-state index in [4.69, 9.17) is 4.74 Å². The van der Waals surface area contributed by atoms with E-state index >= 15 is 0 Å². The molecule has 6 atom stereocenters. The van der Waals surface area contributed by atoms with Crippen molar-refractivity contribution in [1.29, 1.82) is 0 Å². The summed E-state index contributed by atoms with van der Waals surface area (Å²) in [4.78, 5) is 24.1. The monoisotopic (exact) mass is 348 g/mol. The quantitative estimate of drug-likeness (QED) is 0.711. The van der Waals surface area contributed by atoms with Crippen molar-refractivity contribution in [2.45, 2.75) is 72.0 Å². The molecule has 2 saturated carbocycles. The summed E-state index contributed by atoms with van der Waals surface area (Å²) in [5.41, 5.74) is 0.425. The lowest BCUT2D eigenvalue weighted by atomic mass is 9.40. The molecule has 0 amide bonds. The van der Waals surface area contributed by atoms with Gasteiger partial charge in [0.25, 0.3) is 0 Å². The molecule has 1 heterocycles. The van der Waals surface area contributed by atoms with E-state index in [1.807, 2.05) is 6.92 Å². The number of hydrogen-bond acceptors (Lipinski definition) is 4. The van der Waals surface area contributed by atoms with Crippen LogP contribution in [0.15, 0.2) is 11.1 Å². The number of carbonyl (C=O) groups is 2. The van der Waals surface area contributed by atoms with E-state index in [1.54, 1.807) is 0 Å². The first-order chi connectivity index (χ1) is 11.6. The second-order valence-corrected chi connectivity index (χ2v) is 9.33. The molecule has 3 aliphatic carbocycles. The maximum absolute atomic E-state index is 12.1. The summed E-state index contributed by atoms with van der Waals surface area (Å²) in [6.07, 6.45) is 4.71. The van der Waals surface area contributed by atoms with Gasteiger partial charge in [-0.2, -0.15) is 0 Å². The highest BCUT2D eigenvalue weighted by atomic mass is 16.6. The minimum absolute atomic E-state index is 0.0811. The van der Waals surface area contributed by atoms with Gasteiger partial charge in [0.2, 0.25) is 6.29 Å². The number of esters is 1. The molecular weight excluding hydrogens is 320 g/mol. The summed E-state index contributed by atoms with van der Waals surface area (Å²) >= 11 is 0. The van der Waals surface area contributed by atoms with Crippen molar-refractivity contribution in [1.82, 2.24) is 0 Å². The first kappa shape index (κ1) is 17.1. The fourth-order valence-corrected chi connectivity index (χ4v) is 7.19. The molecule has 138 valence electrons. The molecule has 1 aliphatic heterocycles. The van der Waals surface area contributed by atoms with E-state index in [2.05, 4.69) is 13.8 Å². The third-order valence-electron chi connectivity index (χ3n) is 8.32. The summed E-state index contributed by atoms with van der Waals surface area (Å²) in [5.74, 6) is -0.627. The Morgan fingerprint density at radius 2 is 1.84 bits per heavy atom. The van der Waals surface area contributed by atoms with Crippen LogP contribution < -0.4 is 0 Å². The van der Waals surface area contributed by atoms with Crippen LogP contribution in [-0.4, -0.2) is 28.4 Å². The van der Waals surface area contributed by atoms with E-state index in [-0.39, 0.29) is 28.6 Å². The van der Waals surface area contributed by atoms with Gasteiger partial charge < -0.3 is 14.9 Å². The third kappa shape index (κ3) is 1.99. The van der Waals surface area contributed by atoms with Crippen LogP contribution in [0.2, 0.25) is 0 Å². The minimum Gasteiger partial charge on any atom is -0.481 e. The zero-order chi connectivity index (χ0) is 18.2. The van der Waals surface area contributed by atoms with Crippen molar-refractivity contribution in [3.05, 3.63) is 11.1 Å². The maximum Gasteiger partial charge on any atom is 0.336 e. The summed E-state index contributed by atoms with van der Waals surface area (Å²) in [6.45, 7) is 6.34. The van der Waals surface area contributed by atoms with Gasteiger partial charge in [-0.3, -0.25) is 4.79 Å². The molecule has 4 aliphatic rings. The summed E-state index contributed by atoms with van der Waals surface area (Å²) < 4.78 is 5.12. The van der Waals surface area contributed by atoms with E-state index in [1.165, 1.54) is 0 Å². The molecule has 0 bridgehead atoms. The number of cyclic esters (lactones) is 1. The molecular formula is C20H28O5. The molecule has 0 radical (unpaired) electrons. The van der Waals surface area contributed by atoms with Crippen molar-refractivity contribution in [2.75, 3.05) is 0 Å². The van der Waals surface area contributed by atoms with Crippen molar-refractivity contribution >= 4 is 11.9 Å². The zero-order valence-electron chi connectivity index (χ0n) is 15.3. The van der Waals surface area contributed by atoms with Gasteiger partial charge in [-0.25, -0.2) is 4.79 Å². The van der Waals surface area contributed by atoms with Gasteiger partial charge in [0.15, 0.2) is 0 Å². The van der Waals surface area contributed by atoms with Gasteiger partial charge in [0.05, 0.1) is 5.41 Å². The van der Waals surface area contributed by atoms with Crippen LogP contribution >= 0.6 is 0 Å². The summed E-state index contributed by atoms with van der Waals surface area (Å²) in [6, 6.07) is 0. The number of hydrogen-bond donors (Lipinski definition) is 2. The van der Waals surface area contributed by atoms with E-state index < -0.39 is 17.7 Å². The number of ether oxygens (including phenoxy) is 1. The van der Waals surface area contributed by atoms with Crippen LogP contribution in [0.3, 0.4) is 0 Å². The standard InChI is InChI=1S/C20H28O5/c1-18-8-4-9-20(3,17(23)24)13(18)7-10-19(2)12(18)6-5-11-14(19)16(22)25-15(11)21/h12-13,16,22H,4-10H2,1-3H3,(H,23,24)/t12?,13?,16?,18-,19-,20+/m1/s1. The number of rotatable bonds is 1. The number of aliphatic hydroxyl groups is 1. The number of aliphatic carboxylic acids is 1. The molecule has 0 aromatic heterocycles. The largest absolute Gasteiger partial charge is 0.481 e. The van der Waals surface area contributed by atoms with Crippen molar-refractivity contribution in [3.63, 3.8) is 0 Å². The minimum atomic E-state index is -1.12. The Bertz CT molecular complexity index is 682. The van der Waals surface area contributed by atoms with Crippen molar-refractivity contribution < 1.29 is 24.5 Å². The van der Waals surface area contributed by atoms with Gasteiger partial charge in [-0.05, 0) is 68.1 Å². The normalized spacial score (nSPS) is 49.1. The average Bonchev–Trinajstić information content (AvgIpc) is 2.82. The lowest BCUT2D eigenvalue weighted by molar-refractivity contribution is -0.177. The zero-order valence-corrected chi connectivity index (χ0v) is 15.3. The second kappa shape index (κ2) is 5.09. The van der Waals surface area contributed by atoms with Crippen LogP contribution in [0.1, 0.15) is 65.7 Å². The van der Waals surface area contributed by atoms with E-state index in [0.29, 0.717) is 12.0 Å². The highest BCUT2D eigenvalue weighted by Gasteiger charge is 2.64. The first-order valence-corrected chi connectivity index (χ1v) is 9.50. The number of carboxylic acid groups (broad SMARTS) is 1. The van der Waals surface area contributed by atoms with Gasteiger partial charge in [0.1, 0.15) is 0 Å². The highest BCUT2D eigenvalue weighted by Crippen LogP contribution is 2.69. The lowest BCUT2D eigenvalue weighted by Crippen LogP contribution is -2.59. The maximum atomic E-state index is 12.1. The molecule has 0 aromatic rings. The molecule has 3 unspecified atom stereocenters. The Morgan fingerprint density at radius 1 is 1.12 bits per heavy atom. The number of carbonyl (C=O) groups excluding carboxylic acids is 1. The molecule has 2 N–H and O–H groups in total. The molecule has 0 spiro atoms. The predicted molar refractivity (Wildman–Crippen MR) is 90.4 cm³/mol. The first-order valence-electron chi connectivity index (χ1n) is 9.50. The molecule has 0 aromatic carbocycles. The molecule has 5 nitrogen and oxygen atoms in total. The van der Waals surface area contributed by atoms with Crippen LogP contribution in [0.5, 0.6) is 0 Å². The van der Waals surface area contributed by atoms with E-state index in [9.17, 15) is 19.8 Å². The molecule has 0 saturated heterocycles. The van der Waals surface area contributed by atoms with Crippen LogP contribution in [0.4, 0.5) is 0 Å². The van der Waals surface area contributed by atoms with Gasteiger partial charge in [-0.1, -0.05) is 20.3 Å². The number of aliphatic hydroxyl groups excluding tert-OH is 1. The number of carboxylic acids is 1. The van der Waals surface area contributed by atoms with E-state index in [0.717, 1.165) is 44.1 Å². The van der Waals surface area contributed by atoms with Gasteiger partial charge in [0, 0.05) is 11.1 Å². The highest BCUT2D eigenvalue weighted by molar-refractivity contribution is 5.92. The Labute approximate surface area is 148 Å². The topological polar surface area (TPSA) is 83.8 Å². The fourth-order valence-electron chi connectivity index (χ4n) is 7.19. The molecule has 4 rings (SSSR count). The van der Waals surface area contributed by atoms with Gasteiger partial charge in [-0.15, -0.1) is 0 Å². The lowest BCUT2D eigenvalue weighted by Gasteiger charge is -2.63. The molecule has 5 heteroatoms. The van der Waals surface area contributed by atoms with Crippen molar-refractivity contribution in [3.8, 4) is 0 Å². The SMILES string of the molecule is C[C@]12CCC[C@](C)(C(=O)O)C1CC[C@@]1(C)C3=C(CCC21)C(=O)OC3O. The van der Waals surface area contributed by atoms with Crippen LogP contribution in [0, 0.1) is 28.1 Å².